The molecule has 0 saturated heterocycles. The first-order chi connectivity index (χ1) is 11.7. The van der Waals surface area contributed by atoms with Crippen molar-refractivity contribution in [1.29, 1.82) is 0 Å². The van der Waals surface area contributed by atoms with E-state index in [1.807, 2.05) is 24.3 Å². The zero-order chi connectivity index (χ0) is 18.4. The second kappa shape index (κ2) is 7.83. The summed E-state index contributed by atoms with van der Waals surface area (Å²) < 4.78 is 5.59. The third-order valence-corrected chi connectivity index (χ3v) is 3.54. The van der Waals surface area contributed by atoms with Crippen molar-refractivity contribution in [2.75, 3.05) is 17.2 Å². The highest BCUT2D eigenvalue weighted by Gasteiger charge is 2.14. The minimum atomic E-state index is -0.263. The van der Waals surface area contributed by atoms with Crippen LogP contribution in [0.4, 0.5) is 11.4 Å². The fourth-order valence-electron chi connectivity index (χ4n) is 2.28. The second-order valence-electron chi connectivity index (χ2n) is 6.88. The summed E-state index contributed by atoms with van der Waals surface area (Å²) in [4.78, 5) is 23.2. The molecule has 25 heavy (non-hydrogen) atoms. The van der Waals surface area contributed by atoms with E-state index < -0.39 is 0 Å². The maximum Gasteiger partial charge on any atom is 0.262 e. The van der Waals surface area contributed by atoms with Gasteiger partial charge in [0, 0.05) is 18.3 Å². The van der Waals surface area contributed by atoms with Crippen molar-refractivity contribution in [3.8, 4) is 5.75 Å². The summed E-state index contributed by atoms with van der Waals surface area (Å²) in [6.07, 6.45) is 0. The molecule has 5 heteroatoms. The first-order valence-corrected chi connectivity index (χ1v) is 8.15. The molecule has 0 aliphatic rings. The molecule has 2 rings (SSSR count). The minimum absolute atomic E-state index is 0.0196. The Balaban J connectivity index is 1.94. The summed E-state index contributed by atoms with van der Waals surface area (Å²) in [5, 5.41) is 5.43. The van der Waals surface area contributed by atoms with Gasteiger partial charge in [-0.3, -0.25) is 9.59 Å². The molecule has 2 aromatic rings. The van der Waals surface area contributed by atoms with E-state index in [1.54, 1.807) is 24.3 Å². The molecule has 5 nitrogen and oxygen atoms in total. The smallest absolute Gasteiger partial charge is 0.262 e. The highest BCUT2D eigenvalue weighted by Crippen LogP contribution is 2.25. The second-order valence-corrected chi connectivity index (χ2v) is 6.88. The number of carbonyl (C=O) groups excluding carboxylic acids is 2. The van der Waals surface area contributed by atoms with Crippen LogP contribution in [0.3, 0.4) is 0 Å². The van der Waals surface area contributed by atoms with Gasteiger partial charge in [0.15, 0.2) is 6.61 Å². The Morgan fingerprint density at radius 3 is 2.24 bits per heavy atom. The number of hydrogen-bond acceptors (Lipinski definition) is 3. The molecule has 0 aliphatic heterocycles. The maximum absolute atomic E-state index is 12.1. The molecule has 0 heterocycles. The van der Waals surface area contributed by atoms with Crippen molar-refractivity contribution in [1.82, 2.24) is 0 Å². The van der Waals surface area contributed by atoms with Gasteiger partial charge in [0.1, 0.15) is 5.75 Å². The number of hydrogen-bond donors (Lipinski definition) is 2. The van der Waals surface area contributed by atoms with Crippen LogP contribution in [0.25, 0.3) is 0 Å². The number of anilines is 2. The predicted octanol–water partition coefficient (Wildman–Crippen LogP) is 3.96. The Bertz CT molecular complexity index is 764. The molecule has 0 bridgehead atoms. The van der Waals surface area contributed by atoms with Crippen LogP contribution >= 0.6 is 0 Å². The SMILES string of the molecule is CC(=O)Nc1cccc(NC(=O)COc2cccc(C(C)(C)C)c2)c1. The Morgan fingerprint density at radius 2 is 1.60 bits per heavy atom. The molecule has 132 valence electrons. The Kier molecular flexibility index (Phi) is 5.80. The van der Waals surface area contributed by atoms with E-state index in [-0.39, 0.29) is 23.8 Å². The molecular formula is C20H24N2O3. The van der Waals surface area contributed by atoms with E-state index in [0.717, 1.165) is 5.56 Å². The van der Waals surface area contributed by atoms with Crippen LogP contribution in [-0.4, -0.2) is 18.4 Å². The molecular weight excluding hydrogens is 316 g/mol. The van der Waals surface area contributed by atoms with Crippen molar-refractivity contribution in [2.45, 2.75) is 33.1 Å². The van der Waals surface area contributed by atoms with Crippen LogP contribution in [0, 0.1) is 0 Å². The highest BCUT2D eigenvalue weighted by atomic mass is 16.5. The van der Waals surface area contributed by atoms with Crippen LogP contribution in [0.2, 0.25) is 0 Å². The number of rotatable bonds is 5. The molecule has 0 spiro atoms. The van der Waals surface area contributed by atoms with E-state index in [2.05, 4.69) is 31.4 Å². The van der Waals surface area contributed by atoms with Gasteiger partial charge in [-0.2, -0.15) is 0 Å². The number of amides is 2. The number of benzene rings is 2. The van der Waals surface area contributed by atoms with Gasteiger partial charge < -0.3 is 15.4 Å². The standard InChI is InChI=1S/C20H24N2O3/c1-14(23)21-16-8-6-9-17(12-16)22-19(24)13-25-18-10-5-7-15(11-18)20(2,3)4/h5-12H,13H2,1-4H3,(H,21,23)(H,22,24). The molecule has 0 fully saturated rings. The van der Waals surface area contributed by atoms with Gasteiger partial charge in [0.25, 0.3) is 5.91 Å². The highest BCUT2D eigenvalue weighted by molar-refractivity contribution is 5.94. The lowest BCUT2D eigenvalue weighted by Crippen LogP contribution is -2.20. The number of ether oxygens (including phenoxy) is 1. The first kappa shape index (κ1) is 18.5. The van der Waals surface area contributed by atoms with Gasteiger partial charge in [-0.05, 0) is 41.3 Å². The van der Waals surface area contributed by atoms with E-state index in [0.29, 0.717) is 17.1 Å². The van der Waals surface area contributed by atoms with Crippen LogP contribution in [0.5, 0.6) is 5.75 Å². The fraction of sp³-hybridized carbons (Fsp3) is 0.300. The summed E-state index contributed by atoms with van der Waals surface area (Å²) in [6, 6.07) is 14.7. The van der Waals surface area contributed by atoms with Gasteiger partial charge >= 0.3 is 0 Å². The predicted molar refractivity (Wildman–Crippen MR) is 100 cm³/mol. The van der Waals surface area contributed by atoms with E-state index in [1.165, 1.54) is 6.92 Å². The van der Waals surface area contributed by atoms with Crippen molar-refractivity contribution in [2.24, 2.45) is 0 Å². The number of nitrogens with one attached hydrogen (secondary N) is 2. The lowest BCUT2D eigenvalue weighted by atomic mass is 9.87. The maximum atomic E-state index is 12.1. The van der Waals surface area contributed by atoms with Crippen molar-refractivity contribution >= 4 is 23.2 Å². The summed E-state index contributed by atoms with van der Waals surface area (Å²) >= 11 is 0. The van der Waals surface area contributed by atoms with E-state index >= 15 is 0 Å². The lowest BCUT2D eigenvalue weighted by molar-refractivity contribution is -0.118. The van der Waals surface area contributed by atoms with Gasteiger partial charge in [0.05, 0.1) is 0 Å². The van der Waals surface area contributed by atoms with Crippen molar-refractivity contribution in [3.05, 3.63) is 54.1 Å². The van der Waals surface area contributed by atoms with Crippen molar-refractivity contribution in [3.63, 3.8) is 0 Å². The lowest BCUT2D eigenvalue weighted by Gasteiger charge is -2.19. The molecule has 0 aliphatic carbocycles. The van der Waals surface area contributed by atoms with Crippen LogP contribution in [0.1, 0.15) is 33.3 Å². The fourth-order valence-corrected chi connectivity index (χ4v) is 2.28. The molecule has 2 N–H and O–H groups in total. The molecule has 0 atom stereocenters. The normalized spacial score (nSPS) is 10.9. The van der Waals surface area contributed by atoms with Crippen molar-refractivity contribution < 1.29 is 14.3 Å². The van der Waals surface area contributed by atoms with Gasteiger partial charge in [-0.25, -0.2) is 0 Å². The van der Waals surface area contributed by atoms with Gasteiger partial charge in [-0.1, -0.05) is 39.0 Å². The molecule has 2 aromatic carbocycles. The minimum Gasteiger partial charge on any atom is -0.484 e. The van der Waals surface area contributed by atoms with E-state index in [9.17, 15) is 9.59 Å². The summed E-state index contributed by atoms with van der Waals surface area (Å²) in [6.45, 7) is 7.73. The Hall–Kier alpha value is -2.82. The molecule has 0 unspecified atom stereocenters. The average Bonchev–Trinajstić information content (AvgIpc) is 2.52. The molecule has 0 radical (unpaired) electrons. The number of carbonyl (C=O) groups is 2. The Morgan fingerprint density at radius 1 is 0.960 bits per heavy atom. The van der Waals surface area contributed by atoms with E-state index in [4.69, 9.17) is 4.74 Å². The summed E-state index contributed by atoms with van der Waals surface area (Å²) in [7, 11) is 0. The van der Waals surface area contributed by atoms with Crippen LogP contribution < -0.4 is 15.4 Å². The average molecular weight is 340 g/mol. The first-order valence-electron chi connectivity index (χ1n) is 8.15. The largest absolute Gasteiger partial charge is 0.484 e. The monoisotopic (exact) mass is 340 g/mol. The zero-order valence-corrected chi connectivity index (χ0v) is 15.1. The molecule has 2 amide bonds. The zero-order valence-electron chi connectivity index (χ0n) is 15.1. The third kappa shape index (κ3) is 5.95. The molecule has 0 aromatic heterocycles. The Labute approximate surface area is 148 Å². The quantitative estimate of drug-likeness (QED) is 0.866. The third-order valence-electron chi connectivity index (χ3n) is 3.54. The van der Waals surface area contributed by atoms with Crippen LogP contribution in [-0.2, 0) is 15.0 Å². The molecule has 0 saturated carbocycles. The van der Waals surface area contributed by atoms with Gasteiger partial charge in [-0.15, -0.1) is 0 Å². The summed E-state index contributed by atoms with van der Waals surface area (Å²) in [5.74, 6) is 0.237. The van der Waals surface area contributed by atoms with Gasteiger partial charge in [0.2, 0.25) is 5.91 Å². The topological polar surface area (TPSA) is 67.4 Å². The summed E-state index contributed by atoms with van der Waals surface area (Å²) in [5.41, 5.74) is 2.40. The van der Waals surface area contributed by atoms with Crippen LogP contribution in [0.15, 0.2) is 48.5 Å².